The van der Waals surface area contributed by atoms with Crippen LogP contribution in [0.4, 0.5) is 4.79 Å². The summed E-state index contributed by atoms with van der Waals surface area (Å²) in [5.41, 5.74) is 0.714. The normalized spacial score (nSPS) is 18.5. The fourth-order valence-corrected chi connectivity index (χ4v) is 2.90. The zero-order valence-corrected chi connectivity index (χ0v) is 12.8. The molecule has 6 heteroatoms. The summed E-state index contributed by atoms with van der Waals surface area (Å²) in [7, 11) is 0. The third-order valence-electron chi connectivity index (χ3n) is 3.87. The maximum Gasteiger partial charge on any atom is 0.410 e. The lowest BCUT2D eigenvalue weighted by molar-refractivity contribution is -0.0145. The number of likely N-dealkylation sites (tertiary alicyclic amines) is 1. The monoisotopic (exact) mass is 302 g/mol. The lowest BCUT2D eigenvalue weighted by Gasteiger charge is -2.48. The molecule has 2 amide bonds. The van der Waals surface area contributed by atoms with Crippen molar-refractivity contribution in [2.45, 2.75) is 31.9 Å². The molecule has 1 spiro atoms. The van der Waals surface area contributed by atoms with E-state index < -0.39 is 11.1 Å². The topological polar surface area (TPSA) is 75.7 Å². The number of nitrogens with one attached hydrogen (secondary N) is 1. The van der Waals surface area contributed by atoms with Gasteiger partial charge in [-0.25, -0.2) is 4.79 Å². The molecule has 0 radical (unpaired) electrons. The lowest BCUT2D eigenvalue weighted by Crippen LogP contribution is -2.66. The number of benzene rings is 1. The minimum Gasteiger partial charge on any atom is -0.444 e. The molecule has 1 saturated heterocycles. The average molecular weight is 302 g/mol. The van der Waals surface area contributed by atoms with E-state index in [9.17, 15) is 14.4 Å². The Morgan fingerprint density at radius 3 is 2.64 bits per heavy atom. The van der Waals surface area contributed by atoms with E-state index in [0.29, 0.717) is 30.5 Å². The first kappa shape index (κ1) is 14.6. The SMILES string of the molecule is CC(C)(C)OC(=O)N1CC2(C1)NC(=O)c1cc(C=O)ccc12. The number of rotatable bonds is 1. The van der Waals surface area contributed by atoms with Crippen molar-refractivity contribution in [1.29, 1.82) is 0 Å². The second-order valence-corrected chi connectivity index (χ2v) is 6.80. The third-order valence-corrected chi connectivity index (χ3v) is 3.87. The van der Waals surface area contributed by atoms with E-state index in [1.165, 1.54) is 0 Å². The van der Waals surface area contributed by atoms with Gasteiger partial charge in [0.15, 0.2) is 0 Å². The second-order valence-electron chi connectivity index (χ2n) is 6.80. The molecule has 1 N–H and O–H groups in total. The van der Waals surface area contributed by atoms with Crippen LogP contribution in [0.15, 0.2) is 18.2 Å². The standard InChI is InChI=1S/C16H18N2O4/c1-15(2,3)22-14(21)18-8-16(9-18)12-5-4-10(7-19)6-11(12)13(20)17-16/h4-7H,8-9H2,1-3H3,(H,17,20). The smallest absolute Gasteiger partial charge is 0.410 e. The summed E-state index contributed by atoms with van der Waals surface area (Å²) in [6.45, 7) is 6.19. The maximum atomic E-state index is 12.1. The average Bonchev–Trinajstić information content (AvgIpc) is 2.68. The Morgan fingerprint density at radius 1 is 1.36 bits per heavy atom. The molecular formula is C16H18N2O4. The van der Waals surface area contributed by atoms with Crippen LogP contribution in [0.1, 0.15) is 47.1 Å². The molecule has 0 aliphatic carbocycles. The van der Waals surface area contributed by atoms with Gasteiger partial charge in [0, 0.05) is 11.1 Å². The predicted molar refractivity (Wildman–Crippen MR) is 78.8 cm³/mol. The Balaban J connectivity index is 1.79. The second kappa shape index (κ2) is 4.56. The number of ether oxygens (including phenoxy) is 1. The quantitative estimate of drug-likeness (QED) is 0.801. The zero-order chi connectivity index (χ0) is 16.1. The Bertz CT molecular complexity index is 669. The molecule has 22 heavy (non-hydrogen) atoms. The van der Waals surface area contributed by atoms with Gasteiger partial charge in [-0.1, -0.05) is 12.1 Å². The number of nitrogens with zero attached hydrogens (tertiary/aromatic N) is 1. The number of amides is 2. The van der Waals surface area contributed by atoms with E-state index in [1.54, 1.807) is 23.1 Å². The van der Waals surface area contributed by atoms with Crippen LogP contribution in [-0.2, 0) is 10.3 Å². The molecule has 0 atom stereocenters. The van der Waals surface area contributed by atoms with Crippen LogP contribution in [0.25, 0.3) is 0 Å². The molecule has 2 aliphatic heterocycles. The number of aldehydes is 1. The minimum atomic E-state index is -0.551. The van der Waals surface area contributed by atoms with E-state index in [-0.39, 0.29) is 12.0 Å². The van der Waals surface area contributed by atoms with Gasteiger partial charge in [-0.15, -0.1) is 0 Å². The first-order valence-electron chi connectivity index (χ1n) is 7.14. The highest BCUT2D eigenvalue weighted by Crippen LogP contribution is 2.39. The molecule has 3 rings (SSSR count). The molecule has 0 aromatic heterocycles. The maximum absolute atomic E-state index is 12.1. The van der Waals surface area contributed by atoms with E-state index >= 15 is 0 Å². The molecule has 1 fully saturated rings. The molecule has 0 saturated carbocycles. The van der Waals surface area contributed by atoms with Gasteiger partial charge in [-0.3, -0.25) is 9.59 Å². The third kappa shape index (κ3) is 2.24. The summed E-state index contributed by atoms with van der Waals surface area (Å²) in [6, 6.07) is 5.05. The van der Waals surface area contributed by atoms with E-state index in [1.807, 2.05) is 20.8 Å². The van der Waals surface area contributed by atoms with Gasteiger partial charge in [0.05, 0.1) is 13.1 Å². The fourth-order valence-electron chi connectivity index (χ4n) is 2.90. The summed E-state index contributed by atoms with van der Waals surface area (Å²) in [6.07, 6.45) is 0.331. The molecular weight excluding hydrogens is 284 g/mol. The molecule has 2 aliphatic rings. The Morgan fingerprint density at radius 2 is 2.05 bits per heavy atom. The molecule has 0 bridgehead atoms. The van der Waals surface area contributed by atoms with Crippen LogP contribution in [0.5, 0.6) is 0 Å². The van der Waals surface area contributed by atoms with Crippen LogP contribution in [0, 0.1) is 0 Å². The molecule has 6 nitrogen and oxygen atoms in total. The van der Waals surface area contributed by atoms with Gasteiger partial charge in [-0.05, 0) is 32.4 Å². The van der Waals surface area contributed by atoms with Gasteiger partial charge >= 0.3 is 6.09 Å². The minimum absolute atomic E-state index is 0.206. The number of carbonyl (C=O) groups is 3. The number of fused-ring (bicyclic) bond motifs is 2. The van der Waals surface area contributed by atoms with Crippen molar-refractivity contribution in [3.8, 4) is 0 Å². The first-order valence-corrected chi connectivity index (χ1v) is 7.14. The highest BCUT2D eigenvalue weighted by Gasteiger charge is 2.53. The van der Waals surface area contributed by atoms with Crippen LogP contribution in [0.2, 0.25) is 0 Å². The molecule has 1 aromatic carbocycles. The first-order chi connectivity index (χ1) is 10.2. The van der Waals surface area contributed by atoms with Crippen molar-refractivity contribution in [2.75, 3.05) is 13.1 Å². The Hall–Kier alpha value is -2.37. The fraction of sp³-hybridized carbons (Fsp3) is 0.438. The van der Waals surface area contributed by atoms with Crippen LogP contribution in [-0.4, -0.2) is 41.9 Å². The summed E-state index contributed by atoms with van der Waals surface area (Å²) in [4.78, 5) is 36.5. The molecule has 2 heterocycles. The van der Waals surface area contributed by atoms with Gasteiger partial charge in [0.25, 0.3) is 5.91 Å². The van der Waals surface area contributed by atoms with E-state index in [4.69, 9.17) is 4.74 Å². The highest BCUT2D eigenvalue weighted by atomic mass is 16.6. The van der Waals surface area contributed by atoms with Gasteiger partial charge in [0.1, 0.15) is 17.4 Å². The lowest BCUT2D eigenvalue weighted by atomic mass is 9.83. The Labute approximate surface area is 128 Å². The highest BCUT2D eigenvalue weighted by molar-refractivity contribution is 6.01. The van der Waals surface area contributed by atoms with E-state index in [2.05, 4.69) is 5.32 Å². The van der Waals surface area contributed by atoms with Gasteiger partial charge in [0.2, 0.25) is 0 Å². The predicted octanol–water partition coefficient (Wildman–Crippen LogP) is 1.69. The molecule has 116 valence electrons. The summed E-state index contributed by atoms with van der Waals surface area (Å²) in [5, 5.41) is 2.93. The molecule has 0 unspecified atom stereocenters. The largest absolute Gasteiger partial charge is 0.444 e. The van der Waals surface area contributed by atoms with Crippen molar-refractivity contribution in [3.63, 3.8) is 0 Å². The van der Waals surface area contributed by atoms with E-state index in [0.717, 1.165) is 5.56 Å². The van der Waals surface area contributed by atoms with Crippen molar-refractivity contribution in [3.05, 3.63) is 34.9 Å². The van der Waals surface area contributed by atoms with Crippen molar-refractivity contribution < 1.29 is 19.1 Å². The van der Waals surface area contributed by atoms with Crippen molar-refractivity contribution >= 4 is 18.3 Å². The van der Waals surface area contributed by atoms with Crippen LogP contribution >= 0.6 is 0 Å². The number of hydrogen-bond acceptors (Lipinski definition) is 4. The molecule has 1 aromatic rings. The van der Waals surface area contributed by atoms with Crippen LogP contribution < -0.4 is 5.32 Å². The summed E-state index contributed by atoms with van der Waals surface area (Å²) in [5.74, 6) is -0.206. The summed E-state index contributed by atoms with van der Waals surface area (Å²) < 4.78 is 5.32. The van der Waals surface area contributed by atoms with Gasteiger partial charge < -0.3 is 15.0 Å². The number of hydrogen-bond donors (Lipinski definition) is 1. The summed E-state index contributed by atoms with van der Waals surface area (Å²) >= 11 is 0. The van der Waals surface area contributed by atoms with Crippen LogP contribution in [0.3, 0.4) is 0 Å². The van der Waals surface area contributed by atoms with Crippen molar-refractivity contribution in [2.24, 2.45) is 0 Å². The Kier molecular flexibility index (Phi) is 3.02. The van der Waals surface area contributed by atoms with Gasteiger partial charge in [-0.2, -0.15) is 0 Å². The number of carbonyl (C=O) groups excluding carboxylic acids is 3. The van der Waals surface area contributed by atoms with Crippen molar-refractivity contribution in [1.82, 2.24) is 10.2 Å². The zero-order valence-electron chi connectivity index (χ0n) is 12.8.